The lowest BCUT2D eigenvalue weighted by atomic mass is 10.3. The molecule has 1 fully saturated rings. The first-order valence-corrected chi connectivity index (χ1v) is 6.73. The number of ether oxygens (including phenoxy) is 1. The Labute approximate surface area is 118 Å². The van der Waals surface area contributed by atoms with E-state index in [1.807, 2.05) is 23.6 Å². The average molecular weight is 280 g/mol. The smallest absolute Gasteiger partial charge is 0.317 e. The van der Waals surface area contributed by atoms with E-state index in [1.165, 1.54) is 0 Å². The normalized spacial score (nSPS) is 16.4. The van der Waals surface area contributed by atoms with E-state index in [9.17, 15) is 4.79 Å². The Morgan fingerprint density at radius 1 is 1.40 bits per heavy atom. The fraction of sp³-hybridized carbons (Fsp3) is 0.615. The molecule has 1 aliphatic rings. The number of carboxylic acids is 1. The van der Waals surface area contributed by atoms with Crippen molar-refractivity contribution in [3.63, 3.8) is 0 Å². The quantitative estimate of drug-likeness (QED) is 0.840. The van der Waals surface area contributed by atoms with Crippen LogP contribution < -0.4 is 9.64 Å². The summed E-state index contributed by atoms with van der Waals surface area (Å²) in [5.74, 6) is 0.415. The number of carbonyl (C=O) groups is 1. The van der Waals surface area contributed by atoms with Gasteiger partial charge in [-0.3, -0.25) is 9.69 Å². The van der Waals surface area contributed by atoms with Gasteiger partial charge < -0.3 is 14.7 Å². The third-order valence-corrected chi connectivity index (χ3v) is 2.99. The molecule has 2 rings (SSSR count). The molecule has 0 amide bonds. The third-order valence-electron chi connectivity index (χ3n) is 2.99. The topological polar surface area (TPSA) is 78.8 Å². The molecule has 0 atom stereocenters. The van der Waals surface area contributed by atoms with Crippen molar-refractivity contribution in [3.05, 3.63) is 12.3 Å². The standard InChI is InChI=1S/C13H20N4O3/c1-10(2)20-11-3-4-14-13(15-11)17-7-5-16(6-8-17)9-12(18)19/h3-4,10H,5-9H2,1-2H3,(H,18,19). The number of hydrogen-bond acceptors (Lipinski definition) is 6. The van der Waals surface area contributed by atoms with Gasteiger partial charge in [0, 0.05) is 38.4 Å². The first-order valence-electron chi connectivity index (χ1n) is 6.73. The van der Waals surface area contributed by atoms with Crippen molar-refractivity contribution in [2.24, 2.45) is 0 Å². The number of nitrogens with zero attached hydrogens (tertiary/aromatic N) is 4. The minimum absolute atomic E-state index is 0.0742. The maximum Gasteiger partial charge on any atom is 0.317 e. The van der Waals surface area contributed by atoms with Crippen molar-refractivity contribution in [3.8, 4) is 5.88 Å². The molecule has 110 valence electrons. The lowest BCUT2D eigenvalue weighted by Crippen LogP contribution is -2.48. The van der Waals surface area contributed by atoms with Crippen molar-refractivity contribution >= 4 is 11.9 Å². The SMILES string of the molecule is CC(C)Oc1ccnc(N2CCN(CC(=O)O)CC2)n1. The monoisotopic (exact) mass is 280 g/mol. The van der Waals surface area contributed by atoms with Crippen LogP contribution >= 0.6 is 0 Å². The molecule has 2 heterocycles. The molecule has 20 heavy (non-hydrogen) atoms. The molecule has 1 aromatic rings. The lowest BCUT2D eigenvalue weighted by molar-refractivity contribution is -0.138. The summed E-state index contributed by atoms with van der Waals surface area (Å²) in [6, 6.07) is 1.74. The van der Waals surface area contributed by atoms with Gasteiger partial charge in [-0.15, -0.1) is 0 Å². The second-order valence-electron chi connectivity index (χ2n) is 5.02. The van der Waals surface area contributed by atoms with Crippen LogP contribution in [0.4, 0.5) is 5.95 Å². The molecular formula is C13H20N4O3. The Balaban J connectivity index is 1.94. The van der Waals surface area contributed by atoms with Crippen LogP contribution in [-0.2, 0) is 4.79 Å². The Morgan fingerprint density at radius 2 is 2.10 bits per heavy atom. The minimum Gasteiger partial charge on any atom is -0.480 e. The number of rotatable bonds is 5. The summed E-state index contributed by atoms with van der Waals surface area (Å²) < 4.78 is 5.55. The Bertz CT molecular complexity index is 459. The van der Waals surface area contributed by atoms with Crippen LogP contribution in [0.15, 0.2) is 12.3 Å². The van der Waals surface area contributed by atoms with E-state index in [1.54, 1.807) is 12.3 Å². The van der Waals surface area contributed by atoms with E-state index in [0.29, 0.717) is 24.9 Å². The highest BCUT2D eigenvalue weighted by Crippen LogP contribution is 2.15. The highest BCUT2D eigenvalue weighted by Gasteiger charge is 2.20. The van der Waals surface area contributed by atoms with Gasteiger partial charge in [0.1, 0.15) is 0 Å². The Kier molecular flexibility index (Phi) is 4.73. The summed E-state index contributed by atoms with van der Waals surface area (Å²) in [6.45, 7) is 6.83. The number of anilines is 1. The van der Waals surface area contributed by atoms with Gasteiger partial charge in [-0.25, -0.2) is 4.98 Å². The van der Waals surface area contributed by atoms with Crippen LogP contribution in [0, 0.1) is 0 Å². The molecule has 0 aliphatic carbocycles. The summed E-state index contributed by atoms with van der Waals surface area (Å²) in [6.07, 6.45) is 1.76. The summed E-state index contributed by atoms with van der Waals surface area (Å²) in [5.41, 5.74) is 0. The van der Waals surface area contributed by atoms with Crippen LogP contribution in [0.5, 0.6) is 5.88 Å². The molecule has 0 saturated carbocycles. The van der Waals surface area contributed by atoms with E-state index in [2.05, 4.69) is 9.97 Å². The molecule has 0 unspecified atom stereocenters. The third kappa shape index (κ3) is 4.06. The fourth-order valence-electron chi connectivity index (χ4n) is 2.09. The number of piperazine rings is 1. The number of carboxylic acid groups (broad SMARTS) is 1. The largest absolute Gasteiger partial charge is 0.480 e. The molecule has 1 aliphatic heterocycles. The van der Waals surface area contributed by atoms with E-state index in [-0.39, 0.29) is 12.6 Å². The molecule has 0 aromatic carbocycles. The summed E-state index contributed by atoms with van der Waals surface area (Å²) in [7, 11) is 0. The molecule has 0 spiro atoms. The highest BCUT2D eigenvalue weighted by molar-refractivity contribution is 5.69. The van der Waals surface area contributed by atoms with E-state index < -0.39 is 5.97 Å². The van der Waals surface area contributed by atoms with Gasteiger partial charge in [0.25, 0.3) is 0 Å². The zero-order valence-electron chi connectivity index (χ0n) is 11.8. The van der Waals surface area contributed by atoms with Crippen LogP contribution in [0.2, 0.25) is 0 Å². The van der Waals surface area contributed by atoms with Crippen molar-refractivity contribution < 1.29 is 14.6 Å². The molecule has 0 bridgehead atoms. The number of hydrogen-bond donors (Lipinski definition) is 1. The van der Waals surface area contributed by atoms with Crippen LogP contribution in [0.25, 0.3) is 0 Å². The Hall–Kier alpha value is -1.89. The lowest BCUT2D eigenvalue weighted by Gasteiger charge is -2.33. The summed E-state index contributed by atoms with van der Waals surface area (Å²) in [5, 5.41) is 8.77. The number of aliphatic carboxylic acids is 1. The van der Waals surface area contributed by atoms with Gasteiger partial charge in [-0.1, -0.05) is 0 Å². The van der Waals surface area contributed by atoms with Crippen LogP contribution in [0.1, 0.15) is 13.8 Å². The van der Waals surface area contributed by atoms with Crippen molar-refractivity contribution in [1.29, 1.82) is 0 Å². The maximum atomic E-state index is 10.7. The number of aromatic nitrogens is 2. The zero-order chi connectivity index (χ0) is 14.5. The van der Waals surface area contributed by atoms with E-state index in [0.717, 1.165) is 13.1 Å². The van der Waals surface area contributed by atoms with Gasteiger partial charge >= 0.3 is 5.97 Å². The average Bonchev–Trinajstić information content (AvgIpc) is 2.38. The first-order chi connectivity index (χ1) is 9.54. The van der Waals surface area contributed by atoms with E-state index in [4.69, 9.17) is 9.84 Å². The second-order valence-corrected chi connectivity index (χ2v) is 5.02. The predicted molar refractivity (Wildman–Crippen MR) is 74.1 cm³/mol. The van der Waals surface area contributed by atoms with Crippen LogP contribution in [-0.4, -0.2) is 64.8 Å². The molecule has 7 nitrogen and oxygen atoms in total. The Morgan fingerprint density at radius 3 is 2.70 bits per heavy atom. The van der Waals surface area contributed by atoms with Gasteiger partial charge in [-0.2, -0.15) is 4.98 Å². The summed E-state index contributed by atoms with van der Waals surface area (Å²) in [4.78, 5) is 23.3. The molecule has 7 heteroatoms. The second kappa shape index (κ2) is 6.51. The summed E-state index contributed by atoms with van der Waals surface area (Å²) >= 11 is 0. The van der Waals surface area contributed by atoms with Crippen molar-refractivity contribution in [2.45, 2.75) is 20.0 Å². The molecular weight excluding hydrogens is 260 g/mol. The van der Waals surface area contributed by atoms with E-state index >= 15 is 0 Å². The zero-order valence-corrected chi connectivity index (χ0v) is 11.8. The molecule has 0 radical (unpaired) electrons. The molecule has 1 N–H and O–H groups in total. The molecule has 1 aromatic heterocycles. The highest BCUT2D eigenvalue weighted by atomic mass is 16.5. The minimum atomic E-state index is -0.790. The van der Waals surface area contributed by atoms with Crippen molar-refractivity contribution in [1.82, 2.24) is 14.9 Å². The van der Waals surface area contributed by atoms with Gasteiger partial charge in [-0.05, 0) is 13.8 Å². The predicted octanol–water partition coefficient (Wildman–Crippen LogP) is 0.470. The van der Waals surface area contributed by atoms with Gasteiger partial charge in [0.15, 0.2) is 0 Å². The van der Waals surface area contributed by atoms with Gasteiger partial charge in [0.05, 0.1) is 12.6 Å². The first kappa shape index (κ1) is 14.5. The molecule has 1 saturated heterocycles. The van der Waals surface area contributed by atoms with Gasteiger partial charge in [0.2, 0.25) is 11.8 Å². The maximum absolute atomic E-state index is 10.7. The van der Waals surface area contributed by atoms with Crippen LogP contribution in [0.3, 0.4) is 0 Å². The van der Waals surface area contributed by atoms with Crippen molar-refractivity contribution in [2.75, 3.05) is 37.6 Å². The fourth-order valence-corrected chi connectivity index (χ4v) is 2.09.